The first-order chi connectivity index (χ1) is 6.45. The quantitative estimate of drug-likeness (QED) is 0.369. The second kappa shape index (κ2) is 10.8. The van der Waals surface area contributed by atoms with Gasteiger partial charge in [0.1, 0.15) is 6.04 Å². The number of rotatable bonds is 5. The van der Waals surface area contributed by atoms with Gasteiger partial charge in [-0.1, -0.05) is 0 Å². The summed E-state index contributed by atoms with van der Waals surface area (Å²) in [7, 11) is 3.59. The third-order valence-electron chi connectivity index (χ3n) is 1.72. The summed E-state index contributed by atoms with van der Waals surface area (Å²) < 4.78 is 0. The van der Waals surface area contributed by atoms with Crippen LogP contribution in [0.15, 0.2) is 4.99 Å². The first-order valence-electron chi connectivity index (χ1n) is 4.40. The number of aliphatic imine (C=N–C) groups is 1. The molecule has 0 aliphatic heterocycles. The summed E-state index contributed by atoms with van der Waals surface area (Å²) in [5.41, 5.74) is 10.8. The number of guanidine groups is 1. The number of hydrogen-bond acceptors (Lipinski definition) is 3. The summed E-state index contributed by atoms with van der Waals surface area (Å²) >= 11 is 0. The third-order valence-corrected chi connectivity index (χ3v) is 1.72. The van der Waals surface area contributed by atoms with Crippen LogP contribution in [0, 0.1) is 0 Å². The van der Waals surface area contributed by atoms with Gasteiger partial charge in [0, 0.05) is 20.6 Å². The van der Waals surface area contributed by atoms with Crippen LogP contribution in [-0.4, -0.2) is 48.6 Å². The van der Waals surface area contributed by atoms with Crippen LogP contribution in [0.2, 0.25) is 0 Å². The molecular weight excluding hydrogens is 255 g/mol. The highest BCUT2D eigenvalue weighted by Crippen LogP contribution is 1.95. The Hall–Kier alpha value is -0.720. The number of carboxylic acids is 1. The highest BCUT2D eigenvalue weighted by atomic mass is 35.5. The molecule has 0 saturated heterocycles. The summed E-state index contributed by atoms with van der Waals surface area (Å²) in [6.07, 6.45) is 1.04. The zero-order chi connectivity index (χ0) is 11.1. The molecule has 0 radical (unpaired) electrons. The van der Waals surface area contributed by atoms with E-state index >= 15 is 0 Å². The molecule has 0 saturated carbocycles. The number of hydrogen-bond donors (Lipinski definition) is 3. The maximum atomic E-state index is 10.3. The Morgan fingerprint density at radius 1 is 1.44 bits per heavy atom. The molecule has 1 atom stereocenters. The summed E-state index contributed by atoms with van der Waals surface area (Å²) in [6.45, 7) is 0.505. The van der Waals surface area contributed by atoms with E-state index in [1.807, 2.05) is 0 Å². The highest BCUT2D eigenvalue weighted by Gasteiger charge is 2.09. The Kier molecular flexibility index (Phi) is 13.9. The molecule has 0 aromatic heterocycles. The fourth-order valence-electron chi connectivity index (χ4n) is 0.770. The minimum atomic E-state index is -0.977. The smallest absolute Gasteiger partial charge is 0.320 e. The van der Waals surface area contributed by atoms with Crippen molar-refractivity contribution < 1.29 is 9.90 Å². The van der Waals surface area contributed by atoms with Crippen LogP contribution in [0.3, 0.4) is 0 Å². The fourth-order valence-corrected chi connectivity index (χ4v) is 0.770. The number of carbonyl (C=O) groups is 1. The average molecular weight is 275 g/mol. The summed E-state index contributed by atoms with van der Waals surface area (Å²) in [4.78, 5) is 16.1. The second-order valence-electron chi connectivity index (χ2n) is 3.22. The fraction of sp³-hybridized carbons (Fsp3) is 0.750. The van der Waals surface area contributed by atoms with Gasteiger partial charge < -0.3 is 21.5 Å². The van der Waals surface area contributed by atoms with Crippen molar-refractivity contribution in [3.05, 3.63) is 0 Å². The molecule has 0 aliphatic carbocycles. The first kappa shape index (κ1) is 20.7. The Bertz CT molecular complexity index is 224. The lowest BCUT2D eigenvalue weighted by molar-refractivity contribution is -0.138. The molecule has 0 heterocycles. The molecule has 0 unspecified atom stereocenters. The molecule has 0 bridgehead atoms. The minimum absolute atomic E-state index is 0. The maximum absolute atomic E-state index is 10.3. The molecule has 0 aromatic carbocycles. The van der Waals surface area contributed by atoms with E-state index in [0.717, 1.165) is 0 Å². The Labute approximate surface area is 108 Å². The first-order valence-corrected chi connectivity index (χ1v) is 4.40. The van der Waals surface area contributed by atoms with E-state index in [2.05, 4.69) is 4.99 Å². The number of nitrogens with two attached hydrogens (primary N) is 2. The van der Waals surface area contributed by atoms with Crippen LogP contribution in [0.25, 0.3) is 0 Å². The topological polar surface area (TPSA) is 105 Å². The molecule has 0 rings (SSSR count). The molecule has 0 amide bonds. The third kappa shape index (κ3) is 9.82. The van der Waals surface area contributed by atoms with Crippen molar-refractivity contribution in [3.8, 4) is 0 Å². The Balaban J connectivity index is -0.000000845. The minimum Gasteiger partial charge on any atom is -0.480 e. The average Bonchev–Trinajstić information content (AvgIpc) is 2.11. The van der Waals surface area contributed by atoms with Crippen molar-refractivity contribution in [3.63, 3.8) is 0 Å². The summed E-state index contributed by atoms with van der Waals surface area (Å²) in [6, 6.07) is -0.800. The molecular formula is C8H20Cl2N4O2. The van der Waals surface area contributed by atoms with Crippen LogP contribution in [0.1, 0.15) is 12.8 Å². The monoisotopic (exact) mass is 274 g/mol. The normalized spacial score (nSPS) is 12.1. The van der Waals surface area contributed by atoms with E-state index < -0.39 is 12.0 Å². The lowest BCUT2D eigenvalue weighted by atomic mass is 10.2. The lowest BCUT2D eigenvalue weighted by Crippen LogP contribution is -2.31. The number of carboxylic acid groups (broad SMARTS) is 1. The van der Waals surface area contributed by atoms with Crippen molar-refractivity contribution in [1.29, 1.82) is 0 Å². The van der Waals surface area contributed by atoms with Crippen LogP contribution in [-0.2, 0) is 4.79 Å². The second-order valence-corrected chi connectivity index (χ2v) is 3.22. The van der Waals surface area contributed by atoms with Gasteiger partial charge in [0.15, 0.2) is 5.96 Å². The molecule has 0 fully saturated rings. The Morgan fingerprint density at radius 3 is 2.31 bits per heavy atom. The van der Waals surface area contributed by atoms with Crippen molar-refractivity contribution in [2.24, 2.45) is 16.5 Å². The molecule has 5 N–H and O–H groups in total. The Morgan fingerprint density at radius 2 is 1.94 bits per heavy atom. The van der Waals surface area contributed by atoms with Crippen molar-refractivity contribution in [2.75, 3.05) is 20.6 Å². The van der Waals surface area contributed by atoms with Crippen LogP contribution < -0.4 is 11.5 Å². The highest BCUT2D eigenvalue weighted by molar-refractivity contribution is 5.85. The van der Waals surface area contributed by atoms with E-state index in [-0.39, 0.29) is 24.8 Å². The molecule has 0 spiro atoms. The van der Waals surface area contributed by atoms with E-state index in [1.165, 1.54) is 0 Å². The van der Waals surface area contributed by atoms with Crippen molar-refractivity contribution >= 4 is 36.7 Å². The van der Waals surface area contributed by atoms with E-state index in [1.54, 1.807) is 19.0 Å². The predicted octanol–water partition coefficient (Wildman–Crippen LogP) is -0.102. The zero-order valence-corrected chi connectivity index (χ0v) is 11.1. The largest absolute Gasteiger partial charge is 0.480 e. The zero-order valence-electron chi connectivity index (χ0n) is 9.42. The van der Waals surface area contributed by atoms with Gasteiger partial charge in [-0.3, -0.25) is 9.79 Å². The van der Waals surface area contributed by atoms with Gasteiger partial charge in [-0.05, 0) is 12.8 Å². The number of aliphatic carboxylic acids is 1. The van der Waals surface area contributed by atoms with E-state index in [9.17, 15) is 4.79 Å². The summed E-state index contributed by atoms with van der Waals surface area (Å²) in [5.74, 6) is -0.538. The van der Waals surface area contributed by atoms with Crippen molar-refractivity contribution in [2.45, 2.75) is 18.9 Å². The van der Waals surface area contributed by atoms with Gasteiger partial charge in [-0.15, -0.1) is 24.8 Å². The van der Waals surface area contributed by atoms with Gasteiger partial charge in [0.05, 0.1) is 0 Å². The van der Waals surface area contributed by atoms with Gasteiger partial charge >= 0.3 is 5.97 Å². The predicted molar refractivity (Wildman–Crippen MR) is 69.5 cm³/mol. The van der Waals surface area contributed by atoms with Crippen molar-refractivity contribution in [1.82, 2.24) is 4.90 Å². The molecule has 16 heavy (non-hydrogen) atoms. The summed E-state index contributed by atoms with van der Waals surface area (Å²) in [5, 5.41) is 8.48. The molecule has 0 aliphatic rings. The SMILES string of the molecule is CN(C)C(N)=NCCC[C@@H](N)C(=O)O.Cl.Cl. The molecule has 6 nitrogen and oxygen atoms in total. The van der Waals surface area contributed by atoms with Gasteiger partial charge in [-0.25, -0.2) is 0 Å². The lowest BCUT2D eigenvalue weighted by Gasteiger charge is -2.10. The van der Waals surface area contributed by atoms with Gasteiger partial charge in [0.25, 0.3) is 0 Å². The van der Waals surface area contributed by atoms with Gasteiger partial charge in [0.2, 0.25) is 0 Å². The van der Waals surface area contributed by atoms with Crippen LogP contribution in [0.5, 0.6) is 0 Å². The standard InChI is InChI=1S/C8H18N4O2.2ClH/c1-12(2)8(10)11-5-3-4-6(9)7(13)14;;/h6H,3-5,9H2,1-2H3,(H2,10,11)(H,13,14);2*1H/t6-;;/m1../s1. The van der Waals surface area contributed by atoms with Crippen LogP contribution >= 0.6 is 24.8 Å². The number of halogens is 2. The van der Waals surface area contributed by atoms with Gasteiger partial charge in [-0.2, -0.15) is 0 Å². The maximum Gasteiger partial charge on any atom is 0.320 e. The number of nitrogens with zero attached hydrogens (tertiary/aromatic N) is 2. The van der Waals surface area contributed by atoms with E-state index in [4.69, 9.17) is 16.6 Å². The molecule has 0 aromatic rings. The van der Waals surface area contributed by atoms with E-state index in [0.29, 0.717) is 25.3 Å². The van der Waals surface area contributed by atoms with Crippen LogP contribution in [0.4, 0.5) is 0 Å². The molecule has 98 valence electrons. The molecule has 8 heteroatoms.